The van der Waals surface area contributed by atoms with Gasteiger partial charge in [0.1, 0.15) is 0 Å². The average molecular weight is 314 g/mol. The fourth-order valence-corrected chi connectivity index (χ4v) is 6.27. The van der Waals surface area contributed by atoms with Gasteiger partial charge in [0, 0.05) is 19.1 Å². The van der Waals surface area contributed by atoms with E-state index in [4.69, 9.17) is 0 Å². The molecule has 0 aromatic rings. The Hall–Kier alpha value is -0.130. The molecule has 1 N–H and O–H groups in total. The normalized spacial score (nSPS) is 35.6. The largest absolute Gasteiger partial charge is 0.312 e. The maximum atomic E-state index is 11.6. The number of rotatable bonds is 3. The molecule has 1 saturated carbocycles. The molecule has 0 bridgehead atoms. The molecule has 2 saturated heterocycles. The minimum absolute atomic E-state index is 0.375. The molecule has 2 heterocycles. The van der Waals surface area contributed by atoms with Crippen LogP contribution in [-0.2, 0) is 9.84 Å². The van der Waals surface area contributed by atoms with E-state index in [1.165, 1.54) is 38.5 Å². The van der Waals surface area contributed by atoms with Gasteiger partial charge in [-0.15, -0.1) is 0 Å². The van der Waals surface area contributed by atoms with E-state index in [9.17, 15) is 8.42 Å². The molecule has 0 aromatic carbocycles. The van der Waals surface area contributed by atoms with Crippen LogP contribution < -0.4 is 5.32 Å². The smallest absolute Gasteiger partial charge is 0.150 e. The highest BCUT2D eigenvalue weighted by molar-refractivity contribution is 7.91. The van der Waals surface area contributed by atoms with Crippen LogP contribution in [-0.4, -0.2) is 57.0 Å². The van der Waals surface area contributed by atoms with Crippen LogP contribution in [0.1, 0.15) is 44.9 Å². The molecule has 3 rings (SSSR count). The Morgan fingerprint density at radius 1 is 1.05 bits per heavy atom. The second kappa shape index (κ2) is 6.97. The number of hydrogen-bond donors (Lipinski definition) is 1. The van der Waals surface area contributed by atoms with Gasteiger partial charge in [0.25, 0.3) is 0 Å². The van der Waals surface area contributed by atoms with Crippen LogP contribution in [0.2, 0.25) is 0 Å². The maximum Gasteiger partial charge on any atom is 0.150 e. The third-order valence-electron chi connectivity index (χ3n) is 5.57. The van der Waals surface area contributed by atoms with Crippen molar-refractivity contribution in [2.24, 2.45) is 11.8 Å². The first-order valence-electron chi connectivity index (χ1n) is 8.78. The van der Waals surface area contributed by atoms with E-state index >= 15 is 0 Å². The van der Waals surface area contributed by atoms with E-state index in [1.54, 1.807) is 0 Å². The summed E-state index contributed by atoms with van der Waals surface area (Å²) in [7, 11) is -2.73. The highest BCUT2D eigenvalue weighted by Crippen LogP contribution is 2.28. The second-order valence-corrected chi connectivity index (χ2v) is 9.57. The minimum atomic E-state index is -2.73. The van der Waals surface area contributed by atoms with Gasteiger partial charge in [-0.25, -0.2) is 8.42 Å². The Kier molecular flexibility index (Phi) is 5.23. The van der Waals surface area contributed by atoms with E-state index < -0.39 is 9.84 Å². The quantitative estimate of drug-likeness (QED) is 0.861. The summed E-state index contributed by atoms with van der Waals surface area (Å²) < 4.78 is 23.3. The van der Waals surface area contributed by atoms with Crippen LogP contribution in [0.15, 0.2) is 0 Å². The molecule has 1 aliphatic carbocycles. The monoisotopic (exact) mass is 314 g/mol. The number of nitrogens with one attached hydrogen (secondary N) is 1. The molecular weight excluding hydrogens is 284 g/mol. The molecule has 4 nitrogen and oxygen atoms in total. The molecule has 5 heteroatoms. The molecule has 122 valence electrons. The SMILES string of the molecule is O=S1(=O)CCC(CN2CCCNC(C3CCCCC3)C2)C1. The molecule has 21 heavy (non-hydrogen) atoms. The van der Waals surface area contributed by atoms with Crippen molar-refractivity contribution in [3.8, 4) is 0 Å². The van der Waals surface area contributed by atoms with Gasteiger partial charge in [-0.2, -0.15) is 0 Å². The second-order valence-electron chi connectivity index (χ2n) is 7.34. The molecule has 0 radical (unpaired) electrons. The van der Waals surface area contributed by atoms with Crippen molar-refractivity contribution in [2.75, 3.05) is 37.7 Å². The van der Waals surface area contributed by atoms with Crippen LogP contribution >= 0.6 is 0 Å². The van der Waals surface area contributed by atoms with E-state index in [-0.39, 0.29) is 0 Å². The highest BCUT2D eigenvalue weighted by Gasteiger charge is 2.32. The summed E-state index contributed by atoms with van der Waals surface area (Å²) in [5.41, 5.74) is 0. The van der Waals surface area contributed by atoms with Crippen LogP contribution in [0.3, 0.4) is 0 Å². The summed E-state index contributed by atoms with van der Waals surface area (Å²) in [5.74, 6) is 2.05. The van der Waals surface area contributed by atoms with Gasteiger partial charge in [-0.1, -0.05) is 19.3 Å². The summed E-state index contributed by atoms with van der Waals surface area (Å²) in [5, 5.41) is 3.76. The Morgan fingerprint density at radius 2 is 1.86 bits per heavy atom. The number of hydrogen-bond acceptors (Lipinski definition) is 4. The molecule has 3 fully saturated rings. The predicted octanol–water partition coefficient (Wildman–Crippen LogP) is 1.67. The zero-order valence-corrected chi connectivity index (χ0v) is 13.9. The molecule has 2 unspecified atom stereocenters. The van der Waals surface area contributed by atoms with E-state index in [2.05, 4.69) is 10.2 Å². The lowest BCUT2D eigenvalue weighted by Crippen LogP contribution is -2.44. The predicted molar refractivity (Wildman–Crippen MR) is 86.2 cm³/mol. The van der Waals surface area contributed by atoms with Crippen molar-refractivity contribution in [2.45, 2.75) is 51.0 Å². The average Bonchev–Trinajstić information content (AvgIpc) is 2.68. The van der Waals surface area contributed by atoms with Crippen molar-refractivity contribution < 1.29 is 8.42 Å². The fraction of sp³-hybridized carbons (Fsp3) is 1.00. The first kappa shape index (κ1) is 15.8. The summed E-state index contributed by atoms with van der Waals surface area (Å²) >= 11 is 0. The summed E-state index contributed by atoms with van der Waals surface area (Å²) in [6.07, 6.45) is 9.02. The Bertz CT molecular complexity index is 432. The van der Waals surface area contributed by atoms with E-state index in [1.807, 2.05) is 0 Å². The minimum Gasteiger partial charge on any atom is -0.312 e. The first-order chi connectivity index (χ1) is 10.1. The van der Waals surface area contributed by atoms with Gasteiger partial charge in [-0.3, -0.25) is 0 Å². The van der Waals surface area contributed by atoms with Gasteiger partial charge < -0.3 is 10.2 Å². The van der Waals surface area contributed by atoms with Gasteiger partial charge >= 0.3 is 0 Å². The lowest BCUT2D eigenvalue weighted by molar-refractivity contribution is 0.190. The van der Waals surface area contributed by atoms with Crippen molar-refractivity contribution in [3.05, 3.63) is 0 Å². The number of nitrogens with zero attached hydrogens (tertiary/aromatic N) is 1. The molecular formula is C16H30N2O2S. The van der Waals surface area contributed by atoms with Gasteiger partial charge in [-0.05, 0) is 50.6 Å². The van der Waals surface area contributed by atoms with Crippen LogP contribution in [0.25, 0.3) is 0 Å². The number of sulfone groups is 1. The van der Waals surface area contributed by atoms with Crippen LogP contribution in [0.4, 0.5) is 0 Å². The molecule has 0 aromatic heterocycles. The third kappa shape index (κ3) is 4.42. The van der Waals surface area contributed by atoms with Crippen molar-refractivity contribution in [3.63, 3.8) is 0 Å². The molecule has 3 aliphatic rings. The molecule has 2 aliphatic heterocycles. The standard InChI is InChI=1S/C16H30N2O2S/c19-21(20)10-7-14(13-21)11-18-9-4-8-17-16(12-18)15-5-2-1-3-6-15/h14-17H,1-13H2. The highest BCUT2D eigenvalue weighted by atomic mass is 32.2. The Morgan fingerprint density at radius 3 is 2.57 bits per heavy atom. The van der Waals surface area contributed by atoms with Gasteiger partial charge in [0.15, 0.2) is 9.84 Å². The first-order valence-corrected chi connectivity index (χ1v) is 10.6. The molecule has 2 atom stereocenters. The van der Waals surface area contributed by atoms with E-state index in [0.29, 0.717) is 23.5 Å². The summed E-state index contributed by atoms with van der Waals surface area (Å²) in [4.78, 5) is 2.55. The maximum absolute atomic E-state index is 11.6. The van der Waals surface area contributed by atoms with E-state index in [0.717, 1.165) is 38.5 Å². The zero-order chi connectivity index (χ0) is 14.7. The lowest BCUT2D eigenvalue weighted by Gasteiger charge is -2.33. The Balaban J connectivity index is 1.54. The van der Waals surface area contributed by atoms with Crippen molar-refractivity contribution in [1.29, 1.82) is 0 Å². The Labute approximate surface area is 129 Å². The van der Waals surface area contributed by atoms with Crippen molar-refractivity contribution >= 4 is 9.84 Å². The fourth-order valence-electron chi connectivity index (χ4n) is 4.42. The third-order valence-corrected chi connectivity index (χ3v) is 7.41. The topological polar surface area (TPSA) is 49.4 Å². The molecule has 0 amide bonds. The van der Waals surface area contributed by atoms with Gasteiger partial charge in [0.05, 0.1) is 11.5 Å². The van der Waals surface area contributed by atoms with Crippen molar-refractivity contribution in [1.82, 2.24) is 10.2 Å². The zero-order valence-electron chi connectivity index (χ0n) is 13.1. The van der Waals surface area contributed by atoms with Gasteiger partial charge in [0.2, 0.25) is 0 Å². The molecule has 0 spiro atoms. The summed E-state index contributed by atoms with van der Waals surface area (Å²) in [6.45, 7) is 4.37. The van der Waals surface area contributed by atoms with Crippen LogP contribution in [0, 0.1) is 11.8 Å². The van der Waals surface area contributed by atoms with Crippen LogP contribution in [0.5, 0.6) is 0 Å². The lowest BCUT2D eigenvalue weighted by atomic mass is 9.83. The summed E-state index contributed by atoms with van der Waals surface area (Å²) in [6, 6.07) is 0.630.